The van der Waals surface area contributed by atoms with Gasteiger partial charge in [-0.05, 0) is 76.1 Å². The van der Waals surface area contributed by atoms with E-state index in [-0.39, 0.29) is 17.4 Å². The summed E-state index contributed by atoms with van der Waals surface area (Å²) in [5.41, 5.74) is 3.49. The molecule has 2 aliphatic heterocycles. The molecule has 1 aromatic rings. The average Bonchev–Trinajstić information content (AvgIpc) is 3.50. The molecule has 1 saturated carbocycles. The normalized spacial score (nSPS) is 19.6. The minimum atomic E-state index is -0.513. The Morgan fingerprint density at radius 2 is 1.87 bits per heavy atom. The summed E-state index contributed by atoms with van der Waals surface area (Å²) in [6.07, 6.45) is 2.96. The first kappa shape index (κ1) is 21.9. The van der Waals surface area contributed by atoms with E-state index in [0.717, 1.165) is 42.7 Å². The number of anilines is 1. The summed E-state index contributed by atoms with van der Waals surface area (Å²) in [5, 5.41) is 0. The van der Waals surface area contributed by atoms with Gasteiger partial charge in [-0.3, -0.25) is 4.79 Å². The molecule has 1 fully saturated rings. The van der Waals surface area contributed by atoms with Crippen LogP contribution >= 0.6 is 0 Å². The van der Waals surface area contributed by atoms with Crippen molar-refractivity contribution in [3.63, 3.8) is 0 Å². The van der Waals surface area contributed by atoms with Gasteiger partial charge in [0.25, 0.3) is 0 Å². The van der Waals surface area contributed by atoms with E-state index in [1.807, 2.05) is 25.7 Å². The van der Waals surface area contributed by atoms with Crippen molar-refractivity contribution in [3.05, 3.63) is 22.8 Å². The van der Waals surface area contributed by atoms with E-state index in [1.165, 1.54) is 11.1 Å². The lowest BCUT2D eigenvalue weighted by atomic mass is 9.94. The fourth-order valence-electron chi connectivity index (χ4n) is 4.72. The minimum Gasteiger partial charge on any atom is -0.490 e. The van der Waals surface area contributed by atoms with E-state index in [2.05, 4.69) is 13.0 Å². The van der Waals surface area contributed by atoms with Crippen LogP contribution in [0.2, 0.25) is 0 Å². The second kappa shape index (κ2) is 8.01. The Labute approximate surface area is 184 Å². The molecule has 0 atom stereocenters. The van der Waals surface area contributed by atoms with Crippen molar-refractivity contribution in [2.75, 3.05) is 44.9 Å². The van der Waals surface area contributed by atoms with E-state index < -0.39 is 5.60 Å². The lowest BCUT2D eigenvalue weighted by molar-refractivity contribution is -0.125. The SMILES string of the molecule is COCC1(C(=O)N2CCOc3cc4c(c(C)c32)CCN(C(=O)OC(C)(C)C)CC4)CC1. The van der Waals surface area contributed by atoms with Crippen LogP contribution in [-0.2, 0) is 27.1 Å². The molecule has 7 nitrogen and oxygen atoms in total. The Bertz CT molecular complexity index is 885. The van der Waals surface area contributed by atoms with E-state index in [4.69, 9.17) is 14.2 Å². The molecule has 0 unspecified atom stereocenters. The van der Waals surface area contributed by atoms with Gasteiger partial charge in [-0.2, -0.15) is 0 Å². The standard InChI is InChI=1S/C24H34N2O5/c1-16-18-7-11-25(22(28)31-23(2,3)4)10-6-17(18)14-19-20(16)26(12-13-30-19)21(27)24(8-9-24)15-29-5/h14H,6-13,15H2,1-5H3. The molecule has 7 heteroatoms. The summed E-state index contributed by atoms with van der Waals surface area (Å²) in [5.74, 6) is 0.917. The molecule has 0 spiro atoms. The molecule has 1 aromatic carbocycles. The largest absolute Gasteiger partial charge is 0.490 e. The number of nitrogens with zero attached hydrogens (tertiary/aromatic N) is 2. The lowest BCUT2D eigenvalue weighted by Gasteiger charge is -2.35. The molecule has 2 heterocycles. The maximum absolute atomic E-state index is 13.4. The molecule has 0 bridgehead atoms. The Kier molecular flexibility index (Phi) is 5.66. The zero-order valence-corrected chi connectivity index (χ0v) is 19.4. The second-order valence-electron chi connectivity index (χ2n) is 9.97. The van der Waals surface area contributed by atoms with Gasteiger partial charge < -0.3 is 24.0 Å². The number of rotatable bonds is 3. The van der Waals surface area contributed by atoms with Crippen molar-refractivity contribution < 1.29 is 23.8 Å². The molecule has 0 N–H and O–H groups in total. The van der Waals surface area contributed by atoms with Crippen molar-refractivity contribution >= 4 is 17.7 Å². The average molecular weight is 431 g/mol. The highest BCUT2D eigenvalue weighted by Crippen LogP contribution is 2.50. The third-order valence-electron chi connectivity index (χ3n) is 6.48. The number of carbonyl (C=O) groups excluding carboxylic acids is 2. The van der Waals surface area contributed by atoms with Crippen LogP contribution in [0.4, 0.5) is 10.5 Å². The van der Waals surface area contributed by atoms with Crippen LogP contribution in [0.15, 0.2) is 6.07 Å². The number of hydrogen-bond donors (Lipinski definition) is 0. The number of benzene rings is 1. The zero-order chi connectivity index (χ0) is 22.4. The Morgan fingerprint density at radius 3 is 2.52 bits per heavy atom. The fourth-order valence-corrected chi connectivity index (χ4v) is 4.72. The number of hydrogen-bond acceptors (Lipinski definition) is 5. The van der Waals surface area contributed by atoms with Crippen LogP contribution in [0.1, 0.15) is 50.3 Å². The summed E-state index contributed by atoms with van der Waals surface area (Å²) in [4.78, 5) is 29.7. The molecular weight excluding hydrogens is 396 g/mol. The van der Waals surface area contributed by atoms with Gasteiger partial charge in [-0.1, -0.05) is 0 Å². The van der Waals surface area contributed by atoms with E-state index in [1.54, 1.807) is 12.0 Å². The Balaban J connectivity index is 1.60. The molecule has 0 saturated heterocycles. The van der Waals surface area contributed by atoms with Crippen molar-refractivity contribution in [2.45, 2.75) is 59.0 Å². The van der Waals surface area contributed by atoms with Crippen LogP contribution in [0.25, 0.3) is 0 Å². The number of methoxy groups -OCH3 is 1. The predicted molar refractivity (Wildman–Crippen MR) is 118 cm³/mol. The monoisotopic (exact) mass is 430 g/mol. The van der Waals surface area contributed by atoms with Gasteiger partial charge >= 0.3 is 6.09 Å². The first-order valence-corrected chi connectivity index (χ1v) is 11.2. The number of carbonyl (C=O) groups is 2. The highest BCUT2D eigenvalue weighted by atomic mass is 16.6. The van der Waals surface area contributed by atoms with E-state index in [0.29, 0.717) is 32.8 Å². The fraction of sp³-hybridized carbons (Fsp3) is 0.667. The molecule has 170 valence electrons. The summed E-state index contributed by atoms with van der Waals surface area (Å²) in [7, 11) is 1.65. The van der Waals surface area contributed by atoms with Gasteiger partial charge in [-0.25, -0.2) is 4.79 Å². The van der Waals surface area contributed by atoms with Crippen LogP contribution in [0.5, 0.6) is 5.75 Å². The van der Waals surface area contributed by atoms with Crippen molar-refractivity contribution in [2.24, 2.45) is 5.41 Å². The van der Waals surface area contributed by atoms with Crippen molar-refractivity contribution in [1.29, 1.82) is 0 Å². The summed E-state index contributed by atoms with van der Waals surface area (Å²) < 4.78 is 16.9. The van der Waals surface area contributed by atoms with Gasteiger partial charge in [0, 0.05) is 20.2 Å². The zero-order valence-electron chi connectivity index (χ0n) is 19.4. The highest BCUT2D eigenvalue weighted by molar-refractivity contribution is 6.02. The lowest BCUT2D eigenvalue weighted by Crippen LogP contribution is -2.44. The van der Waals surface area contributed by atoms with E-state index in [9.17, 15) is 9.59 Å². The first-order chi connectivity index (χ1) is 14.6. The van der Waals surface area contributed by atoms with Gasteiger partial charge in [0.1, 0.15) is 18.0 Å². The molecule has 31 heavy (non-hydrogen) atoms. The summed E-state index contributed by atoms with van der Waals surface area (Å²) >= 11 is 0. The maximum atomic E-state index is 13.4. The predicted octanol–water partition coefficient (Wildman–Crippen LogP) is 3.48. The molecule has 1 aliphatic carbocycles. The third-order valence-corrected chi connectivity index (χ3v) is 6.48. The van der Waals surface area contributed by atoms with Crippen molar-refractivity contribution in [3.8, 4) is 5.75 Å². The molecule has 0 aromatic heterocycles. The summed E-state index contributed by atoms with van der Waals surface area (Å²) in [6.45, 7) is 10.5. The quantitative estimate of drug-likeness (QED) is 0.734. The van der Waals surface area contributed by atoms with Crippen LogP contribution in [-0.4, -0.2) is 62.5 Å². The number of ether oxygens (including phenoxy) is 3. The van der Waals surface area contributed by atoms with Crippen LogP contribution in [0.3, 0.4) is 0 Å². The maximum Gasteiger partial charge on any atom is 0.410 e. The number of fused-ring (bicyclic) bond motifs is 2. The van der Waals surface area contributed by atoms with Gasteiger partial charge in [0.2, 0.25) is 5.91 Å². The van der Waals surface area contributed by atoms with Crippen molar-refractivity contribution in [1.82, 2.24) is 4.90 Å². The van der Waals surface area contributed by atoms with Crippen LogP contribution < -0.4 is 9.64 Å². The van der Waals surface area contributed by atoms with Crippen LogP contribution in [0, 0.1) is 12.3 Å². The molecule has 4 rings (SSSR count). The van der Waals surface area contributed by atoms with Gasteiger partial charge in [0.15, 0.2) is 0 Å². The molecule has 0 radical (unpaired) electrons. The molecular formula is C24H34N2O5. The second-order valence-corrected chi connectivity index (χ2v) is 9.97. The molecule has 3 aliphatic rings. The molecule has 2 amide bonds. The summed E-state index contributed by atoms with van der Waals surface area (Å²) in [6, 6.07) is 2.07. The van der Waals surface area contributed by atoms with Gasteiger partial charge in [-0.15, -0.1) is 0 Å². The number of amides is 2. The first-order valence-electron chi connectivity index (χ1n) is 11.2. The minimum absolute atomic E-state index is 0.144. The highest BCUT2D eigenvalue weighted by Gasteiger charge is 2.53. The van der Waals surface area contributed by atoms with Gasteiger partial charge in [0.05, 0.1) is 24.3 Å². The Morgan fingerprint density at radius 1 is 1.16 bits per heavy atom. The topological polar surface area (TPSA) is 68.3 Å². The third kappa shape index (κ3) is 4.25. The van der Waals surface area contributed by atoms with E-state index >= 15 is 0 Å². The Hall–Kier alpha value is -2.28. The smallest absolute Gasteiger partial charge is 0.410 e.